The van der Waals surface area contributed by atoms with Crippen LogP contribution in [0.5, 0.6) is 0 Å². The van der Waals surface area contributed by atoms with Gasteiger partial charge >= 0.3 is 12.1 Å². The summed E-state index contributed by atoms with van der Waals surface area (Å²) in [4.78, 5) is 21.8. The molecule has 6 nitrogen and oxygen atoms in total. The summed E-state index contributed by atoms with van der Waals surface area (Å²) >= 11 is 0. The first kappa shape index (κ1) is 8.96. The summed E-state index contributed by atoms with van der Waals surface area (Å²) < 4.78 is 20.3. The van der Waals surface area contributed by atoms with Crippen molar-refractivity contribution in [1.29, 1.82) is 0 Å². The van der Waals surface area contributed by atoms with Crippen molar-refractivity contribution in [1.82, 2.24) is 0 Å². The molecular formula is C9H10O6. The van der Waals surface area contributed by atoms with Crippen molar-refractivity contribution < 1.29 is 28.5 Å². The minimum atomic E-state index is -0.664. The molecule has 3 heterocycles. The maximum Gasteiger partial charge on any atom is 0.509 e. The Balaban J connectivity index is 1.72. The van der Waals surface area contributed by atoms with Crippen molar-refractivity contribution in [2.75, 3.05) is 6.61 Å². The standard InChI is InChI=1S/C9H10O6/c10-6-2-1-4(13-6)7-8-5(3-12-7)14-9(11)15-8/h4-5,7-8H,1-3H2. The first-order valence-electron chi connectivity index (χ1n) is 4.92. The molecule has 0 N–H and O–H groups in total. The molecule has 0 aromatic heterocycles. The van der Waals surface area contributed by atoms with Gasteiger partial charge < -0.3 is 18.9 Å². The molecule has 4 unspecified atom stereocenters. The highest BCUT2D eigenvalue weighted by atomic mass is 16.8. The molecule has 0 saturated carbocycles. The number of hydrogen-bond donors (Lipinski definition) is 0. The van der Waals surface area contributed by atoms with Crippen molar-refractivity contribution in [2.45, 2.75) is 37.3 Å². The molecule has 0 radical (unpaired) electrons. The van der Waals surface area contributed by atoms with Crippen molar-refractivity contribution in [3.05, 3.63) is 0 Å². The van der Waals surface area contributed by atoms with Crippen LogP contribution in [0.3, 0.4) is 0 Å². The normalized spacial score (nSPS) is 43.5. The van der Waals surface area contributed by atoms with E-state index in [1.807, 2.05) is 0 Å². The van der Waals surface area contributed by atoms with Crippen LogP contribution in [0.1, 0.15) is 12.8 Å². The second-order valence-electron chi connectivity index (χ2n) is 3.85. The summed E-state index contributed by atoms with van der Waals surface area (Å²) in [6.45, 7) is 0.315. The van der Waals surface area contributed by atoms with Gasteiger partial charge in [-0.1, -0.05) is 0 Å². The second kappa shape index (κ2) is 3.10. The number of cyclic esters (lactones) is 1. The van der Waals surface area contributed by atoms with Crippen molar-refractivity contribution in [2.24, 2.45) is 0 Å². The van der Waals surface area contributed by atoms with E-state index in [1.165, 1.54) is 0 Å². The van der Waals surface area contributed by atoms with Gasteiger partial charge in [-0.3, -0.25) is 4.79 Å². The third-order valence-corrected chi connectivity index (χ3v) is 2.91. The molecule has 3 fully saturated rings. The molecule has 3 aliphatic heterocycles. The number of carbonyl (C=O) groups is 2. The summed E-state index contributed by atoms with van der Waals surface area (Å²) in [5.41, 5.74) is 0. The average molecular weight is 214 g/mol. The fraction of sp³-hybridized carbons (Fsp3) is 0.778. The van der Waals surface area contributed by atoms with Crippen LogP contribution < -0.4 is 0 Å². The third-order valence-electron chi connectivity index (χ3n) is 2.91. The van der Waals surface area contributed by atoms with Crippen LogP contribution in [0.15, 0.2) is 0 Å². The zero-order valence-electron chi connectivity index (χ0n) is 7.88. The monoisotopic (exact) mass is 214 g/mol. The lowest BCUT2D eigenvalue weighted by Crippen LogP contribution is -2.37. The van der Waals surface area contributed by atoms with E-state index in [-0.39, 0.29) is 24.3 Å². The SMILES string of the molecule is O=C1CCC(C2OCC3OC(=O)OC32)O1. The lowest BCUT2D eigenvalue weighted by molar-refractivity contribution is -0.147. The molecule has 4 atom stereocenters. The molecule has 0 aromatic carbocycles. The van der Waals surface area contributed by atoms with Gasteiger partial charge in [0, 0.05) is 6.42 Å². The van der Waals surface area contributed by atoms with E-state index in [0.717, 1.165) is 0 Å². The molecule has 3 aliphatic rings. The number of hydrogen-bond acceptors (Lipinski definition) is 6. The highest BCUT2D eigenvalue weighted by molar-refractivity contribution is 5.71. The van der Waals surface area contributed by atoms with E-state index >= 15 is 0 Å². The number of ether oxygens (including phenoxy) is 4. The average Bonchev–Trinajstić information content (AvgIpc) is 2.80. The number of esters is 1. The number of fused-ring (bicyclic) bond motifs is 1. The largest absolute Gasteiger partial charge is 0.509 e. The first-order chi connectivity index (χ1) is 7.24. The van der Waals surface area contributed by atoms with Gasteiger partial charge in [0.1, 0.15) is 12.2 Å². The van der Waals surface area contributed by atoms with Crippen LogP contribution in [0.25, 0.3) is 0 Å². The number of carbonyl (C=O) groups excluding carboxylic acids is 2. The highest BCUT2D eigenvalue weighted by Gasteiger charge is 2.52. The van der Waals surface area contributed by atoms with Crippen molar-refractivity contribution in [3.8, 4) is 0 Å². The quantitative estimate of drug-likeness (QED) is 0.572. The van der Waals surface area contributed by atoms with Gasteiger partial charge in [0.15, 0.2) is 12.2 Å². The predicted molar refractivity (Wildman–Crippen MR) is 44.0 cm³/mol. The van der Waals surface area contributed by atoms with Crippen molar-refractivity contribution >= 4 is 12.1 Å². The topological polar surface area (TPSA) is 71.1 Å². The first-order valence-corrected chi connectivity index (χ1v) is 4.92. The summed E-state index contributed by atoms with van der Waals surface area (Å²) in [6, 6.07) is 0. The minimum absolute atomic E-state index is 0.225. The van der Waals surface area contributed by atoms with Gasteiger partial charge in [-0.25, -0.2) is 4.79 Å². The lowest BCUT2D eigenvalue weighted by Gasteiger charge is -2.19. The van der Waals surface area contributed by atoms with Crippen LogP contribution in [-0.2, 0) is 23.7 Å². The molecule has 0 bridgehead atoms. The maximum absolute atomic E-state index is 10.9. The fourth-order valence-electron chi connectivity index (χ4n) is 2.21. The Morgan fingerprint density at radius 1 is 1.00 bits per heavy atom. The zero-order valence-corrected chi connectivity index (χ0v) is 7.88. The van der Waals surface area contributed by atoms with E-state index in [9.17, 15) is 9.59 Å². The molecule has 3 rings (SSSR count). The van der Waals surface area contributed by atoms with Crippen LogP contribution in [0.2, 0.25) is 0 Å². The molecule has 3 saturated heterocycles. The summed E-state index contributed by atoms with van der Waals surface area (Å²) in [5, 5.41) is 0. The summed E-state index contributed by atoms with van der Waals surface area (Å²) in [7, 11) is 0. The Bertz CT molecular complexity index is 314. The third kappa shape index (κ3) is 1.36. The van der Waals surface area contributed by atoms with E-state index in [1.54, 1.807) is 0 Å². The van der Waals surface area contributed by atoms with Crippen LogP contribution in [0.4, 0.5) is 4.79 Å². The molecule has 0 amide bonds. The molecule has 0 aliphatic carbocycles. The smallest absolute Gasteiger partial charge is 0.459 e. The van der Waals surface area contributed by atoms with Crippen LogP contribution in [-0.4, -0.2) is 43.1 Å². The molecule has 82 valence electrons. The van der Waals surface area contributed by atoms with Gasteiger partial charge in [0.25, 0.3) is 0 Å². The number of rotatable bonds is 1. The highest BCUT2D eigenvalue weighted by Crippen LogP contribution is 2.33. The summed E-state index contributed by atoms with van der Waals surface area (Å²) in [5.74, 6) is -0.225. The lowest BCUT2D eigenvalue weighted by atomic mass is 10.0. The molecule has 15 heavy (non-hydrogen) atoms. The Morgan fingerprint density at radius 3 is 2.60 bits per heavy atom. The van der Waals surface area contributed by atoms with E-state index in [2.05, 4.69) is 0 Å². The fourth-order valence-corrected chi connectivity index (χ4v) is 2.21. The Labute approximate surface area is 85.4 Å². The zero-order chi connectivity index (χ0) is 10.4. The molecular weight excluding hydrogens is 204 g/mol. The Hall–Kier alpha value is -1.30. The van der Waals surface area contributed by atoms with Crippen LogP contribution >= 0.6 is 0 Å². The molecule has 0 spiro atoms. The van der Waals surface area contributed by atoms with Gasteiger partial charge in [-0.05, 0) is 6.42 Å². The molecule has 6 heteroatoms. The minimum Gasteiger partial charge on any atom is -0.459 e. The van der Waals surface area contributed by atoms with Crippen molar-refractivity contribution in [3.63, 3.8) is 0 Å². The molecule has 0 aromatic rings. The van der Waals surface area contributed by atoms with Gasteiger partial charge in [0.2, 0.25) is 0 Å². The van der Waals surface area contributed by atoms with Gasteiger partial charge in [0.05, 0.1) is 6.61 Å². The summed E-state index contributed by atoms with van der Waals surface area (Å²) in [6.07, 6.45) is -1.09. The van der Waals surface area contributed by atoms with Crippen LogP contribution in [0, 0.1) is 0 Å². The Kier molecular flexibility index (Phi) is 1.85. The van der Waals surface area contributed by atoms with Gasteiger partial charge in [-0.2, -0.15) is 0 Å². The van der Waals surface area contributed by atoms with E-state index in [0.29, 0.717) is 19.4 Å². The predicted octanol–water partition coefficient (Wildman–Crippen LogP) is -0.00520. The van der Waals surface area contributed by atoms with E-state index in [4.69, 9.17) is 18.9 Å². The van der Waals surface area contributed by atoms with Gasteiger partial charge in [-0.15, -0.1) is 0 Å². The van der Waals surface area contributed by atoms with E-state index < -0.39 is 12.3 Å². The second-order valence-corrected chi connectivity index (χ2v) is 3.85. The maximum atomic E-state index is 10.9. The Morgan fingerprint density at radius 2 is 1.87 bits per heavy atom.